The maximum atomic E-state index is 12.9. The molecule has 0 aliphatic carbocycles. The normalized spacial score (nSPS) is 19.7. The van der Waals surface area contributed by atoms with Gasteiger partial charge < -0.3 is 9.32 Å². The van der Waals surface area contributed by atoms with Crippen LogP contribution in [-0.2, 0) is 4.79 Å². The molecule has 1 aliphatic rings. The fraction of sp³-hybridized carbons (Fsp3) is 0.381. The van der Waals surface area contributed by atoms with Gasteiger partial charge in [0.2, 0.25) is 11.7 Å². The number of amides is 1. The van der Waals surface area contributed by atoms with Gasteiger partial charge in [-0.25, -0.2) is 0 Å². The molecule has 146 valence electrons. The van der Waals surface area contributed by atoms with Crippen LogP contribution in [0.5, 0.6) is 0 Å². The lowest BCUT2D eigenvalue weighted by Gasteiger charge is -2.39. The highest BCUT2D eigenvalue weighted by atomic mass is 32.2. The predicted molar refractivity (Wildman–Crippen MR) is 109 cm³/mol. The summed E-state index contributed by atoms with van der Waals surface area (Å²) in [4.78, 5) is 14.9. The molecule has 0 unspecified atom stereocenters. The molecule has 1 aromatic carbocycles. The smallest absolute Gasteiger partial charge is 0.233 e. The van der Waals surface area contributed by atoms with Crippen LogP contribution in [0.2, 0.25) is 0 Å². The monoisotopic (exact) mass is 396 g/mol. The number of benzene rings is 1. The Labute approximate surface area is 168 Å². The van der Waals surface area contributed by atoms with Gasteiger partial charge in [-0.05, 0) is 57.4 Å². The average molecular weight is 397 g/mol. The maximum absolute atomic E-state index is 12.9. The third-order valence-electron chi connectivity index (χ3n) is 5.20. The summed E-state index contributed by atoms with van der Waals surface area (Å²) >= 11 is 1.42. The van der Waals surface area contributed by atoms with E-state index in [0.717, 1.165) is 18.5 Å². The van der Waals surface area contributed by atoms with Crippen LogP contribution >= 0.6 is 11.8 Å². The first-order valence-corrected chi connectivity index (χ1v) is 10.6. The van der Waals surface area contributed by atoms with Crippen LogP contribution in [0, 0.1) is 0 Å². The first kappa shape index (κ1) is 18.8. The van der Waals surface area contributed by atoms with Crippen LogP contribution < -0.4 is 0 Å². The molecule has 0 radical (unpaired) electrons. The van der Waals surface area contributed by atoms with E-state index in [4.69, 9.17) is 4.42 Å². The Hall–Kier alpha value is -2.54. The van der Waals surface area contributed by atoms with Gasteiger partial charge in [-0.15, -0.1) is 10.2 Å². The van der Waals surface area contributed by atoms with E-state index in [-0.39, 0.29) is 5.91 Å². The molecule has 4 rings (SSSR count). The van der Waals surface area contributed by atoms with Crippen molar-refractivity contribution in [3.63, 3.8) is 0 Å². The Bertz CT molecular complexity index is 913. The van der Waals surface area contributed by atoms with Crippen molar-refractivity contribution in [2.75, 3.05) is 5.75 Å². The largest absolute Gasteiger partial charge is 0.461 e. The number of nitrogens with zero attached hydrogens (tertiary/aromatic N) is 4. The average Bonchev–Trinajstić information content (AvgIpc) is 3.36. The van der Waals surface area contributed by atoms with Crippen molar-refractivity contribution < 1.29 is 9.21 Å². The first-order chi connectivity index (χ1) is 13.6. The summed E-state index contributed by atoms with van der Waals surface area (Å²) in [5.41, 5.74) is 0.938. The van der Waals surface area contributed by atoms with Crippen LogP contribution in [0.1, 0.15) is 33.1 Å². The highest BCUT2D eigenvalue weighted by Crippen LogP contribution is 2.29. The Morgan fingerprint density at radius 3 is 2.54 bits per heavy atom. The number of thioether (sulfide) groups is 1. The summed E-state index contributed by atoms with van der Waals surface area (Å²) in [6.07, 6.45) is 4.95. The number of aromatic nitrogens is 3. The van der Waals surface area contributed by atoms with Gasteiger partial charge in [0.1, 0.15) is 0 Å². The van der Waals surface area contributed by atoms with Crippen molar-refractivity contribution in [2.24, 2.45) is 0 Å². The summed E-state index contributed by atoms with van der Waals surface area (Å²) in [5, 5.41) is 9.36. The number of hydrogen-bond acceptors (Lipinski definition) is 5. The molecule has 0 spiro atoms. The molecular formula is C21H24N4O2S. The van der Waals surface area contributed by atoms with Gasteiger partial charge in [-0.1, -0.05) is 30.0 Å². The third kappa shape index (κ3) is 3.71. The van der Waals surface area contributed by atoms with E-state index in [9.17, 15) is 4.79 Å². The van der Waals surface area contributed by atoms with Crippen LogP contribution in [-0.4, -0.2) is 43.4 Å². The van der Waals surface area contributed by atoms with Gasteiger partial charge in [0.15, 0.2) is 10.9 Å². The molecule has 1 fully saturated rings. The third-order valence-corrected chi connectivity index (χ3v) is 6.11. The second-order valence-electron chi connectivity index (χ2n) is 7.17. The molecule has 6 nitrogen and oxygen atoms in total. The summed E-state index contributed by atoms with van der Waals surface area (Å²) < 4.78 is 7.48. The summed E-state index contributed by atoms with van der Waals surface area (Å²) in [5.74, 6) is 1.78. The molecular weight excluding hydrogens is 372 g/mol. The van der Waals surface area contributed by atoms with E-state index in [2.05, 4.69) is 24.0 Å². The van der Waals surface area contributed by atoms with Crippen molar-refractivity contribution in [2.45, 2.75) is 50.4 Å². The van der Waals surface area contributed by atoms with Crippen LogP contribution in [0.3, 0.4) is 0 Å². The van der Waals surface area contributed by atoms with Crippen LogP contribution in [0.25, 0.3) is 17.3 Å². The summed E-state index contributed by atoms with van der Waals surface area (Å²) in [6.45, 7) is 4.28. The molecule has 7 heteroatoms. The minimum Gasteiger partial charge on any atom is -0.461 e. The molecule has 1 amide bonds. The molecule has 0 N–H and O–H groups in total. The van der Waals surface area contributed by atoms with Crippen molar-refractivity contribution in [3.05, 3.63) is 48.7 Å². The van der Waals surface area contributed by atoms with E-state index in [1.165, 1.54) is 18.2 Å². The number of furan rings is 1. The molecule has 0 bridgehead atoms. The van der Waals surface area contributed by atoms with Crippen molar-refractivity contribution in [1.29, 1.82) is 0 Å². The van der Waals surface area contributed by atoms with Crippen LogP contribution in [0.4, 0.5) is 0 Å². The Balaban J connectivity index is 1.59. The van der Waals surface area contributed by atoms with Gasteiger partial charge in [0.25, 0.3) is 0 Å². The quantitative estimate of drug-likeness (QED) is 0.598. The number of carbonyl (C=O) groups excluding carboxylic acids is 1. The summed E-state index contributed by atoms with van der Waals surface area (Å²) in [7, 11) is 0. The van der Waals surface area contributed by atoms with Crippen molar-refractivity contribution >= 4 is 17.7 Å². The lowest BCUT2D eigenvalue weighted by Crippen LogP contribution is -2.48. The molecule has 1 saturated heterocycles. The Morgan fingerprint density at radius 1 is 1.11 bits per heavy atom. The van der Waals surface area contributed by atoms with Crippen molar-refractivity contribution in [3.8, 4) is 17.3 Å². The predicted octanol–water partition coefficient (Wildman–Crippen LogP) is 4.41. The molecule has 3 heterocycles. The number of carbonyl (C=O) groups is 1. The number of para-hydroxylation sites is 1. The molecule has 0 saturated carbocycles. The molecule has 2 atom stereocenters. The van der Waals surface area contributed by atoms with E-state index in [0.29, 0.717) is 34.6 Å². The van der Waals surface area contributed by atoms with E-state index < -0.39 is 0 Å². The molecule has 2 aromatic heterocycles. The number of piperidine rings is 1. The Morgan fingerprint density at radius 2 is 1.86 bits per heavy atom. The zero-order valence-electron chi connectivity index (χ0n) is 16.1. The van der Waals surface area contributed by atoms with E-state index in [1.807, 2.05) is 51.9 Å². The van der Waals surface area contributed by atoms with E-state index in [1.54, 1.807) is 6.26 Å². The van der Waals surface area contributed by atoms with Gasteiger partial charge in [0, 0.05) is 17.8 Å². The fourth-order valence-electron chi connectivity index (χ4n) is 3.85. The second-order valence-corrected chi connectivity index (χ2v) is 8.12. The standard InChI is InChI=1S/C21H24N4O2S/c1-15-8-6-9-16(2)24(15)19(26)14-28-21-23-22-20(18-12-7-13-27-18)25(21)17-10-4-3-5-11-17/h3-5,7,10-13,15-16H,6,8-9,14H2,1-2H3/t15-,16-/m0/s1. The minimum absolute atomic E-state index is 0.159. The number of hydrogen-bond donors (Lipinski definition) is 0. The van der Waals surface area contributed by atoms with E-state index >= 15 is 0 Å². The number of likely N-dealkylation sites (tertiary alicyclic amines) is 1. The van der Waals surface area contributed by atoms with Gasteiger partial charge in [-0.3, -0.25) is 9.36 Å². The zero-order valence-corrected chi connectivity index (χ0v) is 16.9. The number of rotatable bonds is 5. The topological polar surface area (TPSA) is 64.2 Å². The molecule has 1 aliphatic heterocycles. The molecule has 3 aromatic rings. The van der Waals surface area contributed by atoms with Gasteiger partial charge in [-0.2, -0.15) is 0 Å². The lowest BCUT2D eigenvalue weighted by atomic mass is 9.98. The van der Waals surface area contributed by atoms with Gasteiger partial charge in [0.05, 0.1) is 12.0 Å². The minimum atomic E-state index is 0.159. The second kappa shape index (κ2) is 8.22. The highest BCUT2D eigenvalue weighted by Gasteiger charge is 2.29. The van der Waals surface area contributed by atoms with Crippen molar-refractivity contribution in [1.82, 2.24) is 19.7 Å². The van der Waals surface area contributed by atoms with Gasteiger partial charge >= 0.3 is 0 Å². The summed E-state index contributed by atoms with van der Waals surface area (Å²) in [6, 6.07) is 14.2. The fourth-order valence-corrected chi connectivity index (χ4v) is 4.67. The zero-order chi connectivity index (χ0) is 19.5. The highest BCUT2D eigenvalue weighted by molar-refractivity contribution is 7.99. The first-order valence-electron chi connectivity index (χ1n) is 9.64. The molecule has 28 heavy (non-hydrogen) atoms. The lowest BCUT2D eigenvalue weighted by molar-refractivity contribution is -0.134. The SMILES string of the molecule is C[C@H]1CCC[C@H](C)N1C(=O)CSc1nnc(-c2ccco2)n1-c1ccccc1. The maximum Gasteiger partial charge on any atom is 0.233 e. The van der Waals surface area contributed by atoms with Crippen LogP contribution in [0.15, 0.2) is 58.3 Å². The Kier molecular flexibility index (Phi) is 5.52.